The van der Waals surface area contributed by atoms with E-state index in [1.54, 1.807) is 0 Å². The highest BCUT2D eigenvalue weighted by molar-refractivity contribution is 5.79. The van der Waals surface area contributed by atoms with E-state index >= 15 is 0 Å². The van der Waals surface area contributed by atoms with Crippen molar-refractivity contribution in [3.8, 4) is 0 Å². The molecule has 4 aliphatic rings. The van der Waals surface area contributed by atoms with Gasteiger partial charge in [0.1, 0.15) is 5.76 Å². The van der Waals surface area contributed by atoms with Crippen LogP contribution in [0.15, 0.2) is 4.52 Å². The van der Waals surface area contributed by atoms with Crippen LogP contribution < -0.4 is 5.32 Å². The highest BCUT2D eigenvalue weighted by Gasteiger charge is 2.50. The summed E-state index contributed by atoms with van der Waals surface area (Å²) in [6, 6.07) is 0. The van der Waals surface area contributed by atoms with E-state index in [4.69, 9.17) is 4.52 Å². The predicted octanol–water partition coefficient (Wildman–Crippen LogP) is 2.98. The Balaban J connectivity index is 1.44. The minimum Gasteiger partial charge on any atom is -0.361 e. The number of amides is 1. The van der Waals surface area contributed by atoms with Crippen molar-refractivity contribution in [3.05, 3.63) is 17.0 Å². The highest BCUT2D eigenvalue weighted by Crippen LogP contribution is 2.56. The molecule has 1 amide bonds. The molecular weight excluding hydrogens is 264 g/mol. The van der Waals surface area contributed by atoms with Gasteiger partial charge in [0.05, 0.1) is 5.69 Å². The molecule has 5 rings (SSSR count). The molecule has 1 aromatic rings. The molecule has 0 unspecified atom stereocenters. The largest absolute Gasteiger partial charge is 0.361 e. The first-order chi connectivity index (χ1) is 10.1. The van der Waals surface area contributed by atoms with Crippen molar-refractivity contribution < 1.29 is 9.32 Å². The monoisotopic (exact) mass is 288 g/mol. The topological polar surface area (TPSA) is 55.1 Å². The molecular formula is C17H24N2O2. The summed E-state index contributed by atoms with van der Waals surface area (Å²) in [5.41, 5.74) is 1.92. The number of carbonyl (C=O) groups is 1. The van der Waals surface area contributed by atoms with Gasteiger partial charge in [-0.3, -0.25) is 4.79 Å². The van der Waals surface area contributed by atoms with Gasteiger partial charge in [-0.05, 0) is 69.6 Å². The lowest BCUT2D eigenvalue weighted by molar-refractivity contribution is -0.138. The average Bonchev–Trinajstić information content (AvgIpc) is 2.74. The van der Waals surface area contributed by atoms with Crippen molar-refractivity contribution in [2.24, 2.45) is 29.6 Å². The molecule has 1 aromatic heterocycles. The van der Waals surface area contributed by atoms with Crippen molar-refractivity contribution in [2.75, 3.05) is 0 Å². The van der Waals surface area contributed by atoms with Crippen LogP contribution in [0.4, 0.5) is 0 Å². The average molecular weight is 288 g/mol. The fourth-order valence-corrected chi connectivity index (χ4v) is 5.40. The molecule has 21 heavy (non-hydrogen) atoms. The number of aromatic nitrogens is 1. The van der Waals surface area contributed by atoms with Crippen LogP contribution in [0.2, 0.25) is 0 Å². The second-order valence-corrected chi connectivity index (χ2v) is 7.48. The van der Waals surface area contributed by atoms with Crippen molar-refractivity contribution in [2.45, 2.75) is 52.5 Å². The van der Waals surface area contributed by atoms with Gasteiger partial charge in [0, 0.05) is 18.0 Å². The minimum atomic E-state index is 0.262. The van der Waals surface area contributed by atoms with Crippen LogP contribution in [0.3, 0.4) is 0 Å². The van der Waals surface area contributed by atoms with Crippen LogP contribution in [0.25, 0.3) is 0 Å². The van der Waals surface area contributed by atoms with E-state index in [-0.39, 0.29) is 11.8 Å². The molecule has 4 fully saturated rings. The SMILES string of the molecule is Cc1noc(C)c1CNC(=O)C1C2CC3CC(C2)CC1C3. The predicted molar refractivity (Wildman–Crippen MR) is 78.4 cm³/mol. The molecule has 4 bridgehead atoms. The Morgan fingerprint density at radius 2 is 1.76 bits per heavy atom. The molecule has 0 spiro atoms. The summed E-state index contributed by atoms with van der Waals surface area (Å²) >= 11 is 0. The second-order valence-electron chi connectivity index (χ2n) is 7.48. The van der Waals surface area contributed by atoms with Gasteiger partial charge in [-0.1, -0.05) is 5.16 Å². The quantitative estimate of drug-likeness (QED) is 0.930. The summed E-state index contributed by atoms with van der Waals surface area (Å²) in [5, 5.41) is 7.11. The van der Waals surface area contributed by atoms with E-state index in [9.17, 15) is 4.79 Å². The Labute approximate surface area is 125 Å². The number of aryl methyl sites for hydroxylation is 2. The van der Waals surface area contributed by atoms with Gasteiger partial charge in [-0.2, -0.15) is 0 Å². The van der Waals surface area contributed by atoms with Crippen molar-refractivity contribution in [1.82, 2.24) is 10.5 Å². The van der Waals surface area contributed by atoms with Crippen LogP contribution in [-0.2, 0) is 11.3 Å². The standard InChI is InChI=1S/C17H24N2O2/c1-9-15(10(2)21-19-9)8-18-17(20)16-13-4-11-3-12(6-13)7-14(16)5-11/h11-14,16H,3-8H2,1-2H3,(H,18,20). The number of rotatable bonds is 3. The van der Waals surface area contributed by atoms with Gasteiger partial charge in [-0.25, -0.2) is 0 Å². The molecule has 1 N–H and O–H groups in total. The van der Waals surface area contributed by atoms with Crippen molar-refractivity contribution in [1.29, 1.82) is 0 Å². The maximum Gasteiger partial charge on any atom is 0.223 e. The normalized spacial score (nSPS) is 37.0. The zero-order chi connectivity index (χ0) is 14.6. The summed E-state index contributed by atoms with van der Waals surface area (Å²) in [4.78, 5) is 12.7. The first-order valence-corrected chi connectivity index (χ1v) is 8.31. The van der Waals surface area contributed by atoms with E-state index < -0.39 is 0 Å². The lowest BCUT2D eigenvalue weighted by Gasteiger charge is -2.53. The van der Waals surface area contributed by atoms with Crippen LogP contribution in [0.1, 0.15) is 49.1 Å². The third kappa shape index (κ3) is 2.19. The maximum atomic E-state index is 12.7. The van der Waals surface area contributed by atoms with Crippen molar-refractivity contribution in [3.63, 3.8) is 0 Å². The Hall–Kier alpha value is -1.32. The number of hydrogen-bond donors (Lipinski definition) is 1. The maximum absolute atomic E-state index is 12.7. The summed E-state index contributed by atoms with van der Waals surface area (Å²) in [5.74, 6) is 4.47. The Bertz CT molecular complexity index is 516. The van der Waals surface area contributed by atoms with E-state index in [1.807, 2.05) is 13.8 Å². The lowest BCUT2D eigenvalue weighted by Crippen LogP contribution is -2.50. The molecule has 1 heterocycles. The van der Waals surface area contributed by atoms with Gasteiger partial charge in [0.25, 0.3) is 0 Å². The molecule has 0 radical (unpaired) electrons. The van der Waals surface area contributed by atoms with Gasteiger partial charge in [0.15, 0.2) is 0 Å². The number of nitrogens with zero attached hydrogens (tertiary/aromatic N) is 1. The molecule has 4 heteroatoms. The third-order valence-corrected chi connectivity index (χ3v) is 6.15. The van der Waals surface area contributed by atoms with Crippen molar-refractivity contribution >= 4 is 5.91 Å². The highest BCUT2D eigenvalue weighted by atomic mass is 16.5. The zero-order valence-corrected chi connectivity index (χ0v) is 12.9. The summed E-state index contributed by atoms with van der Waals surface area (Å²) in [6.07, 6.45) is 6.58. The van der Waals surface area contributed by atoms with Crippen LogP contribution in [-0.4, -0.2) is 11.1 Å². The first-order valence-electron chi connectivity index (χ1n) is 8.31. The van der Waals surface area contributed by atoms with E-state index in [2.05, 4.69) is 10.5 Å². The van der Waals surface area contributed by atoms with E-state index in [0.29, 0.717) is 18.4 Å². The Morgan fingerprint density at radius 3 is 2.29 bits per heavy atom. The summed E-state index contributed by atoms with van der Waals surface area (Å²) in [7, 11) is 0. The molecule has 0 aliphatic heterocycles. The molecule has 4 nitrogen and oxygen atoms in total. The molecule has 4 saturated carbocycles. The van der Waals surface area contributed by atoms with Crippen LogP contribution >= 0.6 is 0 Å². The fraction of sp³-hybridized carbons (Fsp3) is 0.765. The van der Waals surface area contributed by atoms with E-state index in [0.717, 1.165) is 28.9 Å². The molecule has 0 atom stereocenters. The van der Waals surface area contributed by atoms with Gasteiger partial charge < -0.3 is 9.84 Å². The van der Waals surface area contributed by atoms with E-state index in [1.165, 1.54) is 32.1 Å². The molecule has 4 aliphatic carbocycles. The fourth-order valence-electron chi connectivity index (χ4n) is 5.40. The van der Waals surface area contributed by atoms with Gasteiger partial charge >= 0.3 is 0 Å². The molecule has 0 saturated heterocycles. The van der Waals surface area contributed by atoms with Gasteiger partial charge in [-0.15, -0.1) is 0 Å². The summed E-state index contributed by atoms with van der Waals surface area (Å²) in [6.45, 7) is 4.40. The molecule has 114 valence electrons. The van der Waals surface area contributed by atoms with Crippen LogP contribution in [0, 0.1) is 43.4 Å². The number of hydrogen-bond acceptors (Lipinski definition) is 3. The van der Waals surface area contributed by atoms with Gasteiger partial charge in [0.2, 0.25) is 5.91 Å². The smallest absolute Gasteiger partial charge is 0.223 e. The van der Waals surface area contributed by atoms with Crippen LogP contribution in [0.5, 0.6) is 0 Å². The lowest BCUT2D eigenvalue weighted by atomic mass is 9.51. The number of carbonyl (C=O) groups excluding carboxylic acids is 1. The Kier molecular flexibility index (Phi) is 3.09. The zero-order valence-electron chi connectivity index (χ0n) is 12.9. The first kappa shape index (κ1) is 13.4. The summed E-state index contributed by atoms with van der Waals surface area (Å²) < 4.78 is 5.17. The second kappa shape index (κ2) is 4.85. The minimum absolute atomic E-state index is 0.262. The number of nitrogens with one attached hydrogen (secondary N) is 1. The molecule has 0 aromatic carbocycles. The third-order valence-electron chi connectivity index (χ3n) is 6.15. The Morgan fingerprint density at radius 1 is 1.14 bits per heavy atom.